The number of nitriles is 1. The van der Waals surface area contributed by atoms with Crippen LogP contribution in [-0.2, 0) is 11.0 Å². The lowest BCUT2D eigenvalue weighted by molar-refractivity contribution is -0.139. The van der Waals surface area contributed by atoms with Crippen LogP contribution < -0.4 is 15.5 Å². The predicted molar refractivity (Wildman–Crippen MR) is 79.2 cm³/mol. The minimum absolute atomic E-state index is 0.183. The second kappa shape index (κ2) is 6.49. The highest BCUT2D eigenvalue weighted by Gasteiger charge is 2.41. The summed E-state index contributed by atoms with van der Waals surface area (Å²) in [5, 5.41) is 11.9. The van der Waals surface area contributed by atoms with Crippen molar-refractivity contribution in [3.05, 3.63) is 52.9 Å². The molecule has 0 radical (unpaired) electrons. The molecule has 0 amide bonds. The van der Waals surface area contributed by atoms with Crippen LogP contribution >= 0.6 is 0 Å². The number of rotatable bonds is 4. The number of carbonyl (C=O) groups is 1. The first-order valence-corrected chi connectivity index (χ1v) is 7.27. The highest BCUT2D eigenvalue weighted by atomic mass is 19.4. The Balaban J connectivity index is 2.13. The van der Waals surface area contributed by atoms with Crippen molar-refractivity contribution < 1.29 is 27.5 Å². The summed E-state index contributed by atoms with van der Waals surface area (Å²) >= 11 is 0. The molecule has 0 bridgehead atoms. The molecule has 1 fully saturated rings. The van der Waals surface area contributed by atoms with E-state index in [2.05, 4.69) is 10.8 Å². The molecule has 1 aromatic carbocycles. The van der Waals surface area contributed by atoms with E-state index < -0.39 is 34.9 Å². The van der Waals surface area contributed by atoms with E-state index in [1.165, 1.54) is 24.4 Å². The molecule has 1 aromatic rings. The zero-order valence-electron chi connectivity index (χ0n) is 12.7. The number of nitrogens with one attached hydrogen (secondary N) is 2. The summed E-state index contributed by atoms with van der Waals surface area (Å²) in [6, 6.07) is 3.59. The van der Waals surface area contributed by atoms with Gasteiger partial charge in [0.2, 0.25) is 11.5 Å². The van der Waals surface area contributed by atoms with Gasteiger partial charge in [-0.1, -0.05) is 0 Å². The number of alkyl halides is 3. The molecule has 0 aliphatic carbocycles. The molecule has 2 aliphatic heterocycles. The number of hydrogen-bond donors (Lipinski definition) is 2. The number of nitrogens with zero attached hydrogens (tertiary/aromatic N) is 1. The highest BCUT2D eigenvalue weighted by Crippen LogP contribution is 2.42. The van der Waals surface area contributed by atoms with Gasteiger partial charge in [-0.15, -0.1) is 0 Å². The fourth-order valence-electron chi connectivity index (χ4n) is 2.33. The van der Waals surface area contributed by atoms with Crippen LogP contribution in [0.5, 0.6) is 5.75 Å². The van der Waals surface area contributed by atoms with Crippen LogP contribution in [-0.4, -0.2) is 25.0 Å². The number of benzene rings is 1. The van der Waals surface area contributed by atoms with Crippen molar-refractivity contribution in [2.45, 2.75) is 12.3 Å². The van der Waals surface area contributed by atoms with E-state index in [0.29, 0.717) is 13.1 Å². The molecular weight excluding hydrogens is 339 g/mol. The third kappa shape index (κ3) is 3.29. The summed E-state index contributed by atoms with van der Waals surface area (Å²) < 4.78 is 46.0. The number of carbonyl (C=O) groups excluding carboxylic acids is 1. The first-order valence-electron chi connectivity index (χ1n) is 7.27. The first-order chi connectivity index (χ1) is 11.9. The SMILES string of the molecule is N#Cc1ccc(C(=O)C2=CC=CNO2)c(OC2CNC2)c1C(F)(F)F. The Morgan fingerprint density at radius 3 is 2.64 bits per heavy atom. The Hall–Kier alpha value is -2.99. The Morgan fingerprint density at radius 1 is 1.36 bits per heavy atom. The number of hydrogen-bond acceptors (Lipinski definition) is 6. The minimum Gasteiger partial charge on any atom is -0.486 e. The maximum atomic E-state index is 13.5. The molecule has 25 heavy (non-hydrogen) atoms. The van der Waals surface area contributed by atoms with E-state index in [4.69, 9.17) is 14.8 Å². The molecule has 2 N–H and O–H groups in total. The number of hydroxylamine groups is 1. The van der Waals surface area contributed by atoms with E-state index in [-0.39, 0.29) is 11.3 Å². The minimum atomic E-state index is -4.85. The van der Waals surface area contributed by atoms with Gasteiger partial charge in [0.25, 0.3) is 0 Å². The lowest BCUT2D eigenvalue weighted by atomic mass is 9.98. The van der Waals surface area contributed by atoms with Crippen LogP contribution in [0.25, 0.3) is 0 Å². The zero-order chi connectivity index (χ0) is 18.0. The lowest BCUT2D eigenvalue weighted by Gasteiger charge is -2.30. The van der Waals surface area contributed by atoms with Crippen molar-refractivity contribution in [1.82, 2.24) is 10.8 Å². The van der Waals surface area contributed by atoms with E-state index in [0.717, 1.165) is 12.1 Å². The van der Waals surface area contributed by atoms with Gasteiger partial charge in [-0.05, 0) is 24.3 Å². The molecule has 0 unspecified atom stereocenters. The Bertz CT molecular complexity index is 805. The van der Waals surface area contributed by atoms with Crippen LogP contribution in [0, 0.1) is 11.3 Å². The predicted octanol–water partition coefficient (Wildman–Crippen LogP) is 2.04. The van der Waals surface area contributed by atoms with Gasteiger partial charge in [-0.3, -0.25) is 4.79 Å². The van der Waals surface area contributed by atoms with Gasteiger partial charge in [-0.25, -0.2) is 5.48 Å². The largest absolute Gasteiger partial charge is 0.486 e. The quantitative estimate of drug-likeness (QED) is 0.808. The van der Waals surface area contributed by atoms with E-state index >= 15 is 0 Å². The molecule has 3 rings (SSSR count). The number of halogens is 3. The maximum absolute atomic E-state index is 13.5. The van der Waals surface area contributed by atoms with Gasteiger partial charge in [0, 0.05) is 19.3 Å². The average Bonchev–Trinajstić information content (AvgIpc) is 2.56. The van der Waals surface area contributed by atoms with Crippen LogP contribution in [0.2, 0.25) is 0 Å². The lowest BCUT2D eigenvalue weighted by Crippen LogP contribution is -2.50. The first kappa shape index (κ1) is 16.9. The van der Waals surface area contributed by atoms with Crippen LogP contribution in [0.15, 0.2) is 36.2 Å². The summed E-state index contributed by atoms with van der Waals surface area (Å²) in [7, 11) is 0. The molecule has 6 nitrogen and oxygen atoms in total. The Labute approximate surface area is 140 Å². The fourth-order valence-corrected chi connectivity index (χ4v) is 2.33. The number of ether oxygens (including phenoxy) is 1. The van der Waals surface area contributed by atoms with Crippen molar-refractivity contribution in [2.75, 3.05) is 13.1 Å². The summed E-state index contributed by atoms with van der Waals surface area (Å²) in [6.45, 7) is 0.705. The van der Waals surface area contributed by atoms with Gasteiger partial charge in [-0.2, -0.15) is 18.4 Å². The van der Waals surface area contributed by atoms with Gasteiger partial charge in [0.1, 0.15) is 17.4 Å². The van der Waals surface area contributed by atoms with Gasteiger partial charge in [0.15, 0.2) is 0 Å². The van der Waals surface area contributed by atoms with E-state index in [9.17, 15) is 18.0 Å². The number of Topliss-reactive ketones (excluding diaryl/α,β-unsaturated/α-hetero) is 1. The average molecular weight is 351 g/mol. The molecule has 0 aromatic heterocycles. The smallest absolute Gasteiger partial charge is 0.421 e. The van der Waals surface area contributed by atoms with Gasteiger partial charge >= 0.3 is 6.18 Å². The van der Waals surface area contributed by atoms with Crippen molar-refractivity contribution in [3.63, 3.8) is 0 Å². The molecule has 130 valence electrons. The van der Waals surface area contributed by atoms with Crippen molar-refractivity contribution >= 4 is 5.78 Å². The van der Waals surface area contributed by atoms with E-state index in [1.54, 1.807) is 0 Å². The third-order valence-corrected chi connectivity index (χ3v) is 3.64. The molecule has 0 atom stereocenters. The summed E-state index contributed by atoms with van der Waals surface area (Å²) in [5.74, 6) is -1.62. The zero-order valence-corrected chi connectivity index (χ0v) is 12.7. The number of allylic oxidation sites excluding steroid dienone is 3. The van der Waals surface area contributed by atoms with Crippen molar-refractivity contribution in [3.8, 4) is 11.8 Å². The highest BCUT2D eigenvalue weighted by molar-refractivity contribution is 6.09. The monoisotopic (exact) mass is 351 g/mol. The molecule has 0 spiro atoms. The summed E-state index contributed by atoms with van der Waals surface area (Å²) in [4.78, 5) is 17.5. The standard InChI is InChI=1S/C16H12F3N3O3/c17-16(18,19)13-9(6-20)3-4-11(15(13)24-10-7-21-8-10)14(23)12-2-1-5-22-25-12/h1-5,10,21-22H,7-8H2. The summed E-state index contributed by atoms with van der Waals surface area (Å²) in [6.07, 6.45) is -1.16. The number of ketones is 1. The van der Waals surface area contributed by atoms with Crippen molar-refractivity contribution in [2.24, 2.45) is 0 Å². The molecule has 1 saturated heterocycles. The molecule has 2 aliphatic rings. The van der Waals surface area contributed by atoms with Crippen LogP contribution in [0.1, 0.15) is 21.5 Å². The second-order valence-electron chi connectivity index (χ2n) is 5.31. The van der Waals surface area contributed by atoms with Crippen LogP contribution in [0.4, 0.5) is 13.2 Å². The molecule has 0 saturated carbocycles. The topological polar surface area (TPSA) is 83.4 Å². The van der Waals surface area contributed by atoms with Gasteiger partial charge < -0.3 is 14.9 Å². The normalized spacial score (nSPS) is 16.8. The molecule has 2 heterocycles. The molecular formula is C16H12F3N3O3. The second-order valence-corrected chi connectivity index (χ2v) is 5.31. The maximum Gasteiger partial charge on any atom is 0.421 e. The Morgan fingerprint density at radius 2 is 2.12 bits per heavy atom. The fraction of sp³-hybridized carbons (Fsp3) is 0.250. The third-order valence-electron chi connectivity index (χ3n) is 3.64. The summed E-state index contributed by atoms with van der Waals surface area (Å²) in [5.41, 5.74) is 0.157. The van der Waals surface area contributed by atoms with Crippen molar-refractivity contribution in [1.29, 1.82) is 5.26 Å². The molecule has 9 heteroatoms. The van der Waals surface area contributed by atoms with Crippen LogP contribution in [0.3, 0.4) is 0 Å². The van der Waals surface area contributed by atoms with E-state index in [1.807, 2.05) is 0 Å². The van der Waals surface area contributed by atoms with Gasteiger partial charge in [0.05, 0.1) is 17.2 Å². The Kier molecular flexibility index (Phi) is 4.37.